The highest BCUT2D eigenvalue weighted by atomic mass is 16.5. The molecular formula is C14H15NO4. The smallest absolute Gasteiger partial charge is 0.314 e. The summed E-state index contributed by atoms with van der Waals surface area (Å²) in [6, 6.07) is 5.21. The summed E-state index contributed by atoms with van der Waals surface area (Å²) in [5.41, 5.74) is -0.401. The van der Waals surface area contributed by atoms with Crippen molar-refractivity contribution in [1.82, 2.24) is 0 Å². The predicted octanol–water partition coefficient (Wildman–Crippen LogP) is 1.91. The maximum atomic E-state index is 11.8. The van der Waals surface area contributed by atoms with Gasteiger partial charge in [0.05, 0.1) is 11.1 Å². The third-order valence-electron chi connectivity index (χ3n) is 3.85. The first-order valence-corrected chi connectivity index (χ1v) is 6.24. The van der Waals surface area contributed by atoms with E-state index in [-0.39, 0.29) is 5.91 Å². The van der Waals surface area contributed by atoms with Gasteiger partial charge < -0.3 is 15.2 Å². The van der Waals surface area contributed by atoms with Crippen molar-refractivity contribution in [3.63, 3.8) is 0 Å². The maximum Gasteiger partial charge on any atom is 0.314 e. The Kier molecular flexibility index (Phi) is 2.21. The lowest BCUT2D eigenvalue weighted by molar-refractivity contribution is -0.140. The van der Waals surface area contributed by atoms with Gasteiger partial charge in [0.15, 0.2) is 5.60 Å². The lowest BCUT2D eigenvalue weighted by atomic mass is 9.94. The summed E-state index contributed by atoms with van der Waals surface area (Å²) in [6.07, 6.45) is 1.28. The Morgan fingerprint density at radius 1 is 1.37 bits per heavy atom. The van der Waals surface area contributed by atoms with Crippen molar-refractivity contribution in [2.24, 2.45) is 0 Å². The Morgan fingerprint density at radius 2 is 2.05 bits per heavy atom. The number of ether oxygens (including phenoxy) is 1. The average molecular weight is 261 g/mol. The van der Waals surface area contributed by atoms with Crippen molar-refractivity contribution < 1.29 is 19.4 Å². The zero-order valence-corrected chi connectivity index (χ0v) is 10.8. The third-order valence-corrected chi connectivity index (χ3v) is 3.85. The van der Waals surface area contributed by atoms with Crippen LogP contribution in [0.3, 0.4) is 0 Å². The van der Waals surface area contributed by atoms with Crippen LogP contribution in [-0.4, -0.2) is 22.6 Å². The first-order chi connectivity index (χ1) is 8.85. The number of hydrogen-bond donors (Lipinski definition) is 2. The van der Waals surface area contributed by atoms with E-state index in [0.717, 1.165) is 5.56 Å². The summed E-state index contributed by atoms with van der Waals surface area (Å²) >= 11 is 0. The van der Waals surface area contributed by atoms with Crippen LogP contribution in [0.25, 0.3) is 0 Å². The summed E-state index contributed by atoms with van der Waals surface area (Å²) in [4.78, 5) is 23.1. The summed E-state index contributed by atoms with van der Waals surface area (Å²) in [5, 5.41) is 12.1. The number of fused-ring (bicyclic) bond motifs is 1. The van der Waals surface area contributed by atoms with Crippen LogP contribution in [0.5, 0.6) is 5.75 Å². The molecule has 100 valence electrons. The van der Waals surface area contributed by atoms with Crippen LogP contribution in [0.4, 0.5) is 5.69 Å². The van der Waals surface area contributed by atoms with E-state index in [9.17, 15) is 14.7 Å². The van der Waals surface area contributed by atoms with Crippen molar-refractivity contribution in [2.45, 2.75) is 37.7 Å². The van der Waals surface area contributed by atoms with Gasteiger partial charge in [0.2, 0.25) is 0 Å². The Hall–Kier alpha value is -2.04. The molecule has 2 aliphatic rings. The van der Waals surface area contributed by atoms with Crippen LogP contribution < -0.4 is 10.1 Å². The quantitative estimate of drug-likeness (QED) is 0.852. The van der Waals surface area contributed by atoms with Gasteiger partial charge in [0.1, 0.15) is 5.75 Å². The molecule has 1 aliphatic carbocycles. The number of hydrogen-bond acceptors (Lipinski definition) is 3. The molecule has 1 heterocycles. The SMILES string of the molecule is CC1(C)Oc2ccc(C3(C(=O)O)CC3)cc2NC1=O. The van der Waals surface area contributed by atoms with E-state index in [0.29, 0.717) is 24.3 Å². The molecule has 1 aromatic carbocycles. The molecule has 0 saturated heterocycles. The second-order valence-corrected chi connectivity index (χ2v) is 5.66. The normalized spacial score (nSPS) is 21.9. The monoisotopic (exact) mass is 261 g/mol. The number of rotatable bonds is 2. The summed E-state index contributed by atoms with van der Waals surface area (Å²) in [6.45, 7) is 3.39. The van der Waals surface area contributed by atoms with Gasteiger partial charge in [-0.3, -0.25) is 9.59 Å². The van der Waals surface area contributed by atoms with Gasteiger partial charge in [-0.1, -0.05) is 6.07 Å². The molecule has 3 rings (SSSR count). The van der Waals surface area contributed by atoms with E-state index in [4.69, 9.17) is 4.74 Å². The van der Waals surface area contributed by atoms with Crippen molar-refractivity contribution in [1.29, 1.82) is 0 Å². The molecular weight excluding hydrogens is 246 g/mol. The highest BCUT2D eigenvalue weighted by Gasteiger charge is 2.52. The molecule has 0 atom stereocenters. The van der Waals surface area contributed by atoms with Crippen LogP contribution in [0.1, 0.15) is 32.3 Å². The number of benzene rings is 1. The largest absolute Gasteiger partial charge is 0.481 e. The van der Waals surface area contributed by atoms with Crippen LogP contribution in [0.15, 0.2) is 18.2 Å². The zero-order chi connectivity index (χ0) is 13.8. The van der Waals surface area contributed by atoms with Gasteiger partial charge in [0.25, 0.3) is 5.91 Å². The van der Waals surface area contributed by atoms with Gasteiger partial charge in [0, 0.05) is 0 Å². The standard InChI is InChI=1S/C14H15NO4/c1-13(2)11(16)15-9-7-8(3-4-10(9)19-13)14(5-6-14)12(17)18/h3-4,7H,5-6H2,1-2H3,(H,15,16)(H,17,18). The topological polar surface area (TPSA) is 75.6 Å². The van der Waals surface area contributed by atoms with E-state index in [2.05, 4.69) is 5.32 Å². The number of carbonyl (C=O) groups is 2. The minimum atomic E-state index is -0.904. The van der Waals surface area contributed by atoms with Gasteiger partial charge in [-0.2, -0.15) is 0 Å². The molecule has 0 radical (unpaired) electrons. The number of aliphatic carboxylic acids is 1. The molecule has 2 N–H and O–H groups in total. The molecule has 0 unspecified atom stereocenters. The number of carbonyl (C=O) groups excluding carboxylic acids is 1. The maximum absolute atomic E-state index is 11.8. The molecule has 19 heavy (non-hydrogen) atoms. The van der Waals surface area contributed by atoms with Crippen molar-refractivity contribution in [2.75, 3.05) is 5.32 Å². The van der Waals surface area contributed by atoms with E-state index in [1.165, 1.54) is 0 Å². The highest BCUT2D eigenvalue weighted by Crippen LogP contribution is 2.50. The van der Waals surface area contributed by atoms with E-state index in [1.54, 1.807) is 32.0 Å². The van der Waals surface area contributed by atoms with Crippen LogP contribution in [0, 0.1) is 0 Å². The van der Waals surface area contributed by atoms with Gasteiger partial charge in [-0.15, -0.1) is 0 Å². The van der Waals surface area contributed by atoms with Crippen molar-refractivity contribution in [3.05, 3.63) is 23.8 Å². The molecule has 1 aliphatic heterocycles. The molecule has 5 heteroatoms. The molecule has 1 saturated carbocycles. The Balaban J connectivity index is 2.01. The fourth-order valence-corrected chi connectivity index (χ4v) is 2.36. The zero-order valence-electron chi connectivity index (χ0n) is 10.8. The Labute approximate surface area is 110 Å². The fourth-order valence-electron chi connectivity index (χ4n) is 2.36. The molecule has 0 bridgehead atoms. The molecule has 1 aromatic rings. The van der Waals surface area contributed by atoms with E-state index < -0.39 is 17.0 Å². The second kappa shape index (κ2) is 3.50. The minimum Gasteiger partial charge on any atom is -0.481 e. The fraction of sp³-hybridized carbons (Fsp3) is 0.429. The summed E-state index contributed by atoms with van der Waals surface area (Å²) in [5.74, 6) is -0.456. The molecule has 1 fully saturated rings. The Morgan fingerprint density at radius 3 is 2.63 bits per heavy atom. The number of carboxylic acid groups (broad SMARTS) is 1. The number of nitrogens with one attached hydrogen (secondary N) is 1. The van der Waals surface area contributed by atoms with Gasteiger partial charge in [-0.05, 0) is 44.4 Å². The molecule has 1 amide bonds. The Bertz CT molecular complexity index is 587. The van der Waals surface area contributed by atoms with Crippen LogP contribution in [-0.2, 0) is 15.0 Å². The van der Waals surface area contributed by atoms with Gasteiger partial charge >= 0.3 is 5.97 Å². The lowest BCUT2D eigenvalue weighted by Gasteiger charge is -2.32. The molecule has 0 spiro atoms. The summed E-state index contributed by atoms with van der Waals surface area (Å²) in [7, 11) is 0. The molecule has 5 nitrogen and oxygen atoms in total. The number of anilines is 1. The van der Waals surface area contributed by atoms with Crippen LogP contribution in [0.2, 0.25) is 0 Å². The minimum absolute atomic E-state index is 0.225. The first kappa shape index (κ1) is 12.0. The van der Waals surface area contributed by atoms with E-state index in [1.807, 2.05) is 0 Å². The second-order valence-electron chi connectivity index (χ2n) is 5.66. The molecule has 0 aromatic heterocycles. The predicted molar refractivity (Wildman–Crippen MR) is 68.3 cm³/mol. The van der Waals surface area contributed by atoms with E-state index >= 15 is 0 Å². The first-order valence-electron chi connectivity index (χ1n) is 6.24. The van der Waals surface area contributed by atoms with Crippen molar-refractivity contribution >= 4 is 17.6 Å². The average Bonchev–Trinajstić information content (AvgIpc) is 3.11. The third kappa shape index (κ3) is 1.69. The summed E-state index contributed by atoms with van der Waals surface area (Å²) < 4.78 is 5.62. The lowest BCUT2D eigenvalue weighted by Crippen LogP contribution is -2.45. The van der Waals surface area contributed by atoms with Gasteiger partial charge in [-0.25, -0.2) is 0 Å². The number of amides is 1. The number of carboxylic acids is 1. The van der Waals surface area contributed by atoms with Crippen molar-refractivity contribution in [3.8, 4) is 5.75 Å². The van der Waals surface area contributed by atoms with Crippen LogP contribution >= 0.6 is 0 Å². The highest BCUT2D eigenvalue weighted by molar-refractivity contribution is 6.00.